The van der Waals surface area contributed by atoms with Crippen LogP contribution in [0.1, 0.15) is 0 Å². The molecule has 4 nitrogen and oxygen atoms in total. The Labute approximate surface area is 86.4 Å². The molecule has 0 bridgehead atoms. The van der Waals surface area contributed by atoms with Crippen molar-refractivity contribution >= 4 is 23.3 Å². The van der Waals surface area contributed by atoms with Gasteiger partial charge in [-0.25, -0.2) is 0 Å². The molecule has 0 heterocycles. The van der Waals surface area contributed by atoms with Crippen LogP contribution in [0, 0.1) is 0 Å². The van der Waals surface area contributed by atoms with Gasteiger partial charge in [-0.3, -0.25) is 4.79 Å². The Morgan fingerprint density at radius 2 is 2.36 bits per heavy atom. The molecule has 1 rings (SSSR count). The predicted octanol–water partition coefficient (Wildman–Crippen LogP) is 1.85. The van der Waals surface area contributed by atoms with Crippen molar-refractivity contribution in [1.29, 1.82) is 0 Å². The summed E-state index contributed by atoms with van der Waals surface area (Å²) in [6.45, 7) is -0.136. The number of anilines is 1. The first-order chi connectivity index (χ1) is 6.63. The maximum absolute atomic E-state index is 10.3. The lowest BCUT2D eigenvalue weighted by Crippen LogP contribution is -2.12. The van der Waals surface area contributed by atoms with Gasteiger partial charge >= 0.3 is 5.97 Å². The second-order valence-electron chi connectivity index (χ2n) is 2.60. The largest absolute Gasteiger partial charge is 0.495 e. The summed E-state index contributed by atoms with van der Waals surface area (Å²) in [5, 5.41) is 11.6. The van der Waals surface area contributed by atoms with Crippen molar-refractivity contribution in [2.24, 2.45) is 0 Å². The van der Waals surface area contributed by atoms with Crippen LogP contribution >= 0.6 is 11.6 Å². The van der Waals surface area contributed by atoms with Crippen molar-refractivity contribution in [2.45, 2.75) is 0 Å². The highest BCUT2D eigenvalue weighted by atomic mass is 35.5. The number of benzene rings is 1. The molecule has 0 saturated heterocycles. The first-order valence-electron chi connectivity index (χ1n) is 3.92. The topological polar surface area (TPSA) is 58.6 Å². The van der Waals surface area contributed by atoms with Gasteiger partial charge in [-0.2, -0.15) is 0 Å². The summed E-state index contributed by atoms with van der Waals surface area (Å²) >= 11 is 5.83. The highest BCUT2D eigenvalue weighted by Gasteiger charge is 2.02. The lowest BCUT2D eigenvalue weighted by molar-refractivity contribution is -0.134. The van der Waals surface area contributed by atoms with Crippen LogP contribution in [0.3, 0.4) is 0 Å². The minimum Gasteiger partial charge on any atom is -0.495 e. The van der Waals surface area contributed by atoms with Gasteiger partial charge in [0.25, 0.3) is 0 Å². The number of hydrogen-bond acceptors (Lipinski definition) is 3. The SMILES string of the molecule is COc1ccc(NCC(=O)O)cc1Cl. The zero-order valence-corrected chi connectivity index (χ0v) is 8.34. The third kappa shape index (κ3) is 2.81. The lowest BCUT2D eigenvalue weighted by atomic mass is 10.3. The lowest BCUT2D eigenvalue weighted by Gasteiger charge is -2.06. The van der Waals surface area contributed by atoms with E-state index < -0.39 is 5.97 Å². The Bertz CT molecular complexity index is 341. The van der Waals surface area contributed by atoms with Crippen LogP contribution in [-0.2, 0) is 4.79 Å². The number of hydrogen-bond donors (Lipinski definition) is 2. The fourth-order valence-electron chi connectivity index (χ4n) is 0.954. The van der Waals surface area contributed by atoms with Crippen LogP contribution in [0.25, 0.3) is 0 Å². The van der Waals surface area contributed by atoms with Gasteiger partial charge < -0.3 is 15.2 Å². The molecule has 0 unspecified atom stereocenters. The van der Waals surface area contributed by atoms with E-state index in [2.05, 4.69) is 5.32 Å². The summed E-state index contributed by atoms with van der Waals surface area (Å²) in [6.07, 6.45) is 0. The monoisotopic (exact) mass is 215 g/mol. The third-order valence-electron chi connectivity index (χ3n) is 1.60. The van der Waals surface area contributed by atoms with E-state index in [0.717, 1.165) is 0 Å². The van der Waals surface area contributed by atoms with Crippen LogP contribution in [0.15, 0.2) is 18.2 Å². The number of halogens is 1. The number of rotatable bonds is 4. The summed E-state index contributed by atoms with van der Waals surface area (Å²) in [6, 6.07) is 4.99. The molecule has 0 saturated carbocycles. The second-order valence-corrected chi connectivity index (χ2v) is 3.00. The van der Waals surface area contributed by atoms with Gasteiger partial charge in [-0.15, -0.1) is 0 Å². The Kier molecular flexibility index (Phi) is 3.59. The number of carboxylic acids is 1. The first-order valence-corrected chi connectivity index (χ1v) is 4.30. The van der Waals surface area contributed by atoms with Crippen molar-refractivity contribution in [3.63, 3.8) is 0 Å². The number of methoxy groups -OCH3 is 1. The molecule has 76 valence electrons. The van der Waals surface area contributed by atoms with Crippen LogP contribution in [0.2, 0.25) is 5.02 Å². The van der Waals surface area contributed by atoms with Gasteiger partial charge in [0.15, 0.2) is 0 Å². The molecular weight excluding hydrogens is 206 g/mol. The predicted molar refractivity (Wildman–Crippen MR) is 54.1 cm³/mol. The fraction of sp³-hybridized carbons (Fsp3) is 0.222. The van der Waals surface area contributed by atoms with E-state index in [1.54, 1.807) is 18.2 Å². The summed E-state index contributed by atoms with van der Waals surface area (Å²) in [4.78, 5) is 10.3. The van der Waals surface area contributed by atoms with Crippen molar-refractivity contribution in [2.75, 3.05) is 19.0 Å². The molecule has 0 spiro atoms. The summed E-state index contributed by atoms with van der Waals surface area (Å²) in [5.74, 6) is -0.357. The van der Waals surface area contributed by atoms with Crippen LogP contribution in [0.4, 0.5) is 5.69 Å². The maximum atomic E-state index is 10.3. The molecule has 0 atom stereocenters. The molecule has 14 heavy (non-hydrogen) atoms. The molecule has 0 aliphatic heterocycles. The number of ether oxygens (including phenoxy) is 1. The van der Waals surface area contributed by atoms with Gasteiger partial charge in [0.2, 0.25) is 0 Å². The van der Waals surface area contributed by atoms with Gasteiger partial charge in [-0.1, -0.05) is 11.6 Å². The van der Waals surface area contributed by atoms with E-state index in [9.17, 15) is 4.79 Å². The quantitative estimate of drug-likeness (QED) is 0.805. The van der Waals surface area contributed by atoms with Crippen LogP contribution in [0.5, 0.6) is 5.75 Å². The number of aliphatic carboxylic acids is 1. The molecule has 0 aromatic heterocycles. The zero-order valence-electron chi connectivity index (χ0n) is 7.58. The molecule has 0 aliphatic carbocycles. The van der Waals surface area contributed by atoms with E-state index in [1.807, 2.05) is 0 Å². The van der Waals surface area contributed by atoms with Crippen LogP contribution in [-0.4, -0.2) is 24.7 Å². The van der Waals surface area contributed by atoms with E-state index in [-0.39, 0.29) is 6.54 Å². The smallest absolute Gasteiger partial charge is 0.322 e. The molecule has 0 aliphatic rings. The normalized spacial score (nSPS) is 9.57. The second kappa shape index (κ2) is 4.72. The molecule has 0 radical (unpaired) electrons. The average molecular weight is 216 g/mol. The molecule has 1 aromatic carbocycles. The maximum Gasteiger partial charge on any atom is 0.322 e. The number of nitrogens with one attached hydrogen (secondary N) is 1. The van der Waals surface area contributed by atoms with Crippen molar-refractivity contribution in [3.8, 4) is 5.75 Å². The Morgan fingerprint density at radius 1 is 1.64 bits per heavy atom. The number of carbonyl (C=O) groups is 1. The van der Waals surface area contributed by atoms with Gasteiger partial charge in [0.1, 0.15) is 12.3 Å². The first kappa shape index (κ1) is 10.7. The van der Waals surface area contributed by atoms with E-state index in [4.69, 9.17) is 21.4 Å². The van der Waals surface area contributed by atoms with Crippen molar-refractivity contribution < 1.29 is 14.6 Å². The van der Waals surface area contributed by atoms with Crippen LogP contribution < -0.4 is 10.1 Å². The highest BCUT2D eigenvalue weighted by molar-refractivity contribution is 6.32. The Morgan fingerprint density at radius 3 is 2.86 bits per heavy atom. The van der Waals surface area contributed by atoms with Crippen molar-refractivity contribution in [1.82, 2.24) is 0 Å². The summed E-state index contributed by atoms with van der Waals surface area (Å²) in [5.41, 5.74) is 0.651. The number of carboxylic acid groups (broad SMARTS) is 1. The summed E-state index contributed by atoms with van der Waals surface area (Å²) < 4.78 is 4.95. The Balaban J connectivity index is 2.71. The minimum absolute atomic E-state index is 0.136. The standard InChI is InChI=1S/C9H10ClNO3/c1-14-8-3-2-6(4-7(8)10)11-5-9(12)13/h2-4,11H,5H2,1H3,(H,12,13). The Hall–Kier alpha value is -1.42. The average Bonchev–Trinajstić information content (AvgIpc) is 2.15. The molecule has 0 amide bonds. The van der Waals surface area contributed by atoms with Gasteiger partial charge in [0.05, 0.1) is 12.1 Å². The molecule has 5 heteroatoms. The fourth-order valence-corrected chi connectivity index (χ4v) is 1.21. The molecule has 0 fully saturated rings. The zero-order chi connectivity index (χ0) is 10.6. The van der Waals surface area contributed by atoms with Crippen molar-refractivity contribution in [3.05, 3.63) is 23.2 Å². The third-order valence-corrected chi connectivity index (χ3v) is 1.89. The van der Waals surface area contributed by atoms with Gasteiger partial charge in [-0.05, 0) is 18.2 Å². The summed E-state index contributed by atoms with van der Waals surface area (Å²) in [7, 11) is 1.52. The van der Waals surface area contributed by atoms with E-state index in [1.165, 1.54) is 7.11 Å². The highest BCUT2D eigenvalue weighted by Crippen LogP contribution is 2.26. The van der Waals surface area contributed by atoms with Gasteiger partial charge in [0, 0.05) is 5.69 Å². The molecule has 1 aromatic rings. The van der Waals surface area contributed by atoms with E-state index >= 15 is 0 Å². The molecule has 2 N–H and O–H groups in total. The van der Waals surface area contributed by atoms with E-state index in [0.29, 0.717) is 16.5 Å². The molecular formula is C9H10ClNO3. The minimum atomic E-state index is -0.919.